The summed E-state index contributed by atoms with van der Waals surface area (Å²) in [6.07, 6.45) is 11.1. The Morgan fingerprint density at radius 1 is 0.929 bits per heavy atom. The number of carbonyl (C=O) groups excluding carboxylic acids is 1. The van der Waals surface area contributed by atoms with Gasteiger partial charge in [-0.2, -0.15) is 0 Å². The molecule has 0 heterocycles. The van der Waals surface area contributed by atoms with Crippen molar-refractivity contribution in [3.05, 3.63) is 88.5 Å². The van der Waals surface area contributed by atoms with E-state index in [1.54, 1.807) is 24.3 Å². The summed E-state index contributed by atoms with van der Waals surface area (Å²) in [4.78, 5) is 26.2. The highest BCUT2D eigenvalue weighted by molar-refractivity contribution is 5.98. The van der Waals surface area contributed by atoms with Crippen molar-refractivity contribution in [3.63, 3.8) is 0 Å². The van der Waals surface area contributed by atoms with Crippen molar-refractivity contribution in [2.24, 2.45) is 40.4 Å². The van der Waals surface area contributed by atoms with E-state index in [1.807, 2.05) is 6.08 Å². The Bertz CT molecular complexity index is 1440. The second-order valence-corrected chi connectivity index (χ2v) is 15.2. The zero-order chi connectivity index (χ0) is 30.0. The summed E-state index contributed by atoms with van der Waals surface area (Å²) in [5.74, 6) is 1.11. The van der Waals surface area contributed by atoms with E-state index < -0.39 is 5.97 Å². The summed E-state index contributed by atoms with van der Waals surface area (Å²) in [5.41, 5.74) is 4.98. The second-order valence-electron chi connectivity index (χ2n) is 15.2. The SMILES string of the molecule is CC(C)(C)c1ccc(C[C@@H]2C[C@@]3(C)C(=CC[C@H]4[C@@H]5CC[C@H](C(=O)c6ccc(O)cc6)[C@@]5(C)CC[C@@H]43)C=C2C(=O)O)cc1. The number of phenolic OH excluding ortho intramolecular Hbond substituents is 1. The molecule has 4 aliphatic rings. The molecule has 6 rings (SSSR count). The van der Waals surface area contributed by atoms with Crippen LogP contribution in [0.25, 0.3) is 0 Å². The Hall–Kier alpha value is -3.14. The maximum Gasteiger partial charge on any atom is 0.331 e. The minimum Gasteiger partial charge on any atom is -0.508 e. The van der Waals surface area contributed by atoms with E-state index in [0.717, 1.165) is 44.9 Å². The number of fused-ring (bicyclic) bond motifs is 5. The third-order valence-corrected chi connectivity index (χ3v) is 12.0. The number of hydrogen-bond donors (Lipinski definition) is 2. The minimum atomic E-state index is -0.793. The van der Waals surface area contributed by atoms with Gasteiger partial charge in [0.15, 0.2) is 5.78 Å². The van der Waals surface area contributed by atoms with Gasteiger partial charge in [-0.3, -0.25) is 4.79 Å². The van der Waals surface area contributed by atoms with Crippen molar-refractivity contribution in [1.82, 2.24) is 0 Å². The molecule has 2 saturated carbocycles. The molecule has 222 valence electrons. The molecule has 0 aliphatic heterocycles. The molecular formula is C38H46O4. The first-order valence-electron chi connectivity index (χ1n) is 15.9. The highest BCUT2D eigenvalue weighted by atomic mass is 16.4. The van der Waals surface area contributed by atoms with Gasteiger partial charge in [-0.1, -0.05) is 65.0 Å². The van der Waals surface area contributed by atoms with Gasteiger partial charge in [-0.05, 0) is 132 Å². The number of aromatic hydroxyl groups is 1. The molecule has 0 spiro atoms. The minimum absolute atomic E-state index is 0.0138. The smallest absolute Gasteiger partial charge is 0.331 e. The Morgan fingerprint density at radius 2 is 1.62 bits per heavy atom. The number of aliphatic carboxylic acids is 1. The Morgan fingerprint density at radius 3 is 2.26 bits per heavy atom. The van der Waals surface area contributed by atoms with Crippen LogP contribution in [0.5, 0.6) is 5.75 Å². The fourth-order valence-corrected chi connectivity index (χ4v) is 9.62. The number of allylic oxidation sites excluding steroid dienone is 3. The lowest BCUT2D eigenvalue weighted by atomic mass is 9.46. The number of hydrogen-bond acceptors (Lipinski definition) is 3. The third-order valence-electron chi connectivity index (χ3n) is 12.0. The van der Waals surface area contributed by atoms with Gasteiger partial charge in [0.2, 0.25) is 0 Å². The van der Waals surface area contributed by atoms with Crippen LogP contribution in [0.3, 0.4) is 0 Å². The van der Waals surface area contributed by atoms with Gasteiger partial charge in [0, 0.05) is 17.1 Å². The third kappa shape index (κ3) is 4.75. The van der Waals surface area contributed by atoms with Crippen LogP contribution in [0.1, 0.15) is 94.6 Å². The van der Waals surface area contributed by atoms with Crippen LogP contribution < -0.4 is 0 Å². The molecule has 0 radical (unpaired) electrons. The average molecular weight is 567 g/mol. The highest BCUT2D eigenvalue weighted by Crippen LogP contribution is 2.66. The number of ketones is 1. The number of rotatable bonds is 5. The first-order chi connectivity index (χ1) is 19.8. The molecule has 2 N–H and O–H groups in total. The lowest BCUT2D eigenvalue weighted by Crippen LogP contribution is -2.51. The normalized spacial score (nSPS) is 34.0. The number of benzene rings is 2. The van der Waals surface area contributed by atoms with Gasteiger partial charge in [0.25, 0.3) is 0 Å². The van der Waals surface area contributed by atoms with Gasteiger partial charge in [0.1, 0.15) is 5.75 Å². The number of carboxylic acids is 1. The molecule has 0 unspecified atom stereocenters. The van der Waals surface area contributed by atoms with Gasteiger partial charge in [-0.15, -0.1) is 0 Å². The van der Waals surface area contributed by atoms with Crippen molar-refractivity contribution < 1.29 is 19.8 Å². The van der Waals surface area contributed by atoms with Crippen LogP contribution in [0.2, 0.25) is 0 Å². The van der Waals surface area contributed by atoms with E-state index in [1.165, 1.54) is 16.7 Å². The van der Waals surface area contributed by atoms with Crippen LogP contribution in [0.15, 0.2) is 71.8 Å². The van der Waals surface area contributed by atoms with E-state index in [2.05, 4.69) is 65.0 Å². The molecular weight excluding hydrogens is 520 g/mol. The predicted molar refractivity (Wildman–Crippen MR) is 166 cm³/mol. The van der Waals surface area contributed by atoms with Gasteiger partial charge in [0.05, 0.1) is 0 Å². The zero-order valence-corrected chi connectivity index (χ0v) is 25.8. The van der Waals surface area contributed by atoms with E-state index in [0.29, 0.717) is 28.9 Å². The average Bonchev–Trinajstić information content (AvgIpc) is 3.29. The molecule has 0 aromatic heterocycles. The first-order valence-corrected chi connectivity index (χ1v) is 15.9. The van der Waals surface area contributed by atoms with Gasteiger partial charge in [-0.25, -0.2) is 4.79 Å². The van der Waals surface area contributed by atoms with E-state index in [-0.39, 0.29) is 39.6 Å². The van der Waals surface area contributed by atoms with E-state index in [9.17, 15) is 19.8 Å². The van der Waals surface area contributed by atoms with Crippen LogP contribution in [0, 0.1) is 40.4 Å². The van der Waals surface area contributed by atoms with Crippen molar-refractivity contribution in [3.8, 4) is 5.75 Å². The fraction of sp³-hybridized carbons (Fsp3) is 0.526. The Labute approximate surface area is 250 Å². The van der Waals surface area contributed by atoms with Crippen LogP contribution in [-0.2, 0) is 16.6 Å². The molecule has 2 aromatic carbocycles. The molecule has 2 aromatic rings. The second kappa shape index (κ2) is 10.2. The summed E-state index contributed by atoms with van der Waals surface area (Å²) < 4.78 is 0. The standard InChI is InChI=1S/C38H46O4/c1-36(2,3)26-10-6-23(7-11-26)20-25-22-38(5)27(21-30(25)35(41)42)12-15-29-31-16-17-33(37(31,4)19-18-32(29)38)34(40)24-8-13-28(39)14-9-24/h6-14,21,25,29,31-33,39H,15-20,22H2,1-5H3,(H,41,42)/t25-,29+,31+,32+,33-,37+,38+/m1/s1. The van der Waals surface area contributed by atoms with E-state index >= 15 is 0 Å². The summed E-state index contributed by atoms with van der Waals surface area (Å²) in [7, 11) is 0. The van der Waals surface area contributed by atoms with Crippen LogP contribution >= 0.6 is 0 Å². The molecule has 4 aliphatic carbocycles. The highest BCUT2D eigenvalue weighted by Gasteiger charge is 2.60. The maximum atomic E-state index is 13.7. The number of phenols is 1. The summed E-state index contributed by atoms with van der Waals surface area (Å²) in [6, 6.07) is 15.5. The van der Waals surface area contributed by atoms with Crippen LogP contribution in [0.4, 0.5) is 0 Å². The number of carbonyl (C=O) groups is 2. The molecule has 7 atom stereocenters. The molecule has 2 fully saturated rings. The number of carboxylic acid groups (broad SMARTS) is 1. The fourth-order valence-electron chi connectivity index (χ4n) is 9.62. The molecule has 0 bridgehead atoms. The van der Waals surface area contributed by atoms with Crippen molar-refractivity contribution in [2.45, 2.75) is 85.0 Å². The summed E-state index contributed by atoms with van der Waals surface area (Å²) in [5, 5.41) is 20.0. The van der Waals surface area contributed by atoms with E-state index in [4.69, 9.17) is 0 Å². The van der Waals surface area contributed by atoms with Gasteiger partial charge < -0.3 is 10.2 Å². The maximum absolute atomic E-state index is 13.7. The molecule has 42 heavy (non-hydrogen) atoms. The monoisotopic (exact) mass is 566 g/mol. The van der Waals surface area contributed by atoms with Crippen molar-refractivity contribution >= 4 is 11.8 Å². The van der Waals surface area contributed by atoms with Crippen molar-refractivity contribution in [2.75, 3.05) is 0 Å². The predicted octanol–water partition coefficient (Wildman–Crippen LogP) is 8.54. The first kappa shape index (κ1) is 29.0. The quantitative estimate of drug-likeness (QED) is 0.356. The van der Waals surface area contributed by atoms with Gasteiger partial charge >= 0.3 is 5.97 Å². The Balaban J connectivity index is 1.26. The summed E-state index contributed by atoms with van der Waals surface area (Å²) in [6.45, 7) is 11.4. The lowest BCUT2D eigenvalue weighted by Gasteiger charge is -2.57. The van der Waals surface area contributed by atoms with Crippen LogP contribution in [-0.4, -0.2) is 22.0 Å². The van der Waals surface area contributed by atoms with Crippen molar-refractivity contribution in [1.29, 1.82) is 0 Å². The topological polar surface area (TPSA) is 74.6 Å². The lowest BCUT2D eigenvalue weighted by molar-refractivity contribution is -0.133. The summed E-state index contributed by atoms with van der Waals surface area (Å²) >= 11 is 0. The molecule has 0 saturated heterocycles. The number of Topliss-reactive ketones (excluding diaryl/α,β-unsaturated/α-hetero) is 1. The molecule has 0 amide bonds. The Kier molecular flexibility index (Phi) is 7.06. The largest absolute Gasteiger partial charge is 0.508 e. The molecule has 4 nitrogen and oxygen atoms in total. The molecule has 4 heteroatoms. The zero-order valence-electron chi connectivity index (χ0n) is 25.8.